The Morgan fingerprint density at radius 1 is 0.788 bits per heavy atom. The van der Waals surface area contributed by atoms with Gasteiger partial charge in [0.1, 0.15) is 0 Å². The lowest BCUT2D eigenvalue weighted by Crippen LogP contribution is -2.53. The van der Waals surface area contributed by atoms with Gasteiger partial charge in [0.05, 0.1) is 5.56 Å². The van der Waals surface area contributed by atoms with Crippen molar-refractivity contribution < 1.29 is 18.0 Å². The molecule has 2 aromatic carbocycles. The number of carbonyl (C=O) groups excluding carboxylic acids is 1. The molecule has 0 aliphatic carbocycles. The zero-order chi connectivity index (χ0) is 23.3. The van der Waals surface area contributed by atoms with Crippen LogP contribution in [0.15, 0.2) is 54.6 Å². The number of carbonyl (C=O) groups is 1. The van der Waals surface area contributed by atoms with Crippen molar-refractivity contribution in [3.63, 3.8) is 0 Å². The summed E-state index contributed by atoms with van der Waals surface area (Å²) in [5, 5.41) is 2.93. The highest BCUT2D eigenvalue weighted by atomic mass is 19.4. The maximum absolute atomic E-state index is 13.0. The van der Waals surface area contributed by atoms with Gasteiger partial charge in [0, 0.05) is 76.8 Å². The van der Waals surface area contributed by atoms with Gasteiger partial charge in [-0.3, -0.25) is 9.80 Å². The van der Waals surface area contributed by atoms with Gasteiger partial charge in [0.15, 0.2) is 0 Å². The van der Waals surface area contributed by atoms with Crippen LogP contribution in [0.4, 0.5) is 29.3 Å². The van der Waals surface area contributed by atoms with E-state index in [-0.39, 0.29) is 6.03 Å². The highest BCUT2D eigenvalue weighted by Crippen LogP contribution is 2.31. The van der Waals surface area contributed by atoms with Crippen molar-refractivity contribution in [3.8, 4) is 0 Å². The van der Waals surface area contributed by atoms with Crippen LogP contribution in [0.2, 0.25) is 0 Å². The quantitative estimate of drug-likeness (QED) is 0.738. The Morgan fingerprint density at radius 2 is 1.39 bits per heavy atom. The molecule has 0 unspecified atom stereocenters. The molecule has 178 valence electrons. The molecule has 0 radical (unpaired) electrons. The van der Waals surface area contributed by atoms with Gasteiger partial charge in [0.2, 0.25) is 0 Å². The molecule has 2 aliphatic heterocycles. The first-order chi connectivity index (χ1) is 15.9. The van der Waals surface area contributed by atoms with Gasteiger partial charge in [-0.05, 0) is 30.3 Å². The number of nitrogens with one attached hydrogen (secondary N) is 1. The highest BCUT2D eigenvalue weighted by molar-refractivity contribution is 5.89. The lowest BCUT2D eigenvalue weighted by atomic mass is 10.1. The Bertz CT molecular complexity index is 908. The van der Waals surface area contributed by atoms with Crippen molar-refractivity contribution in [2.75, 3.05) is 75.7 Å². The number of alkyl halides is 3. The Hall–Kier alpha value is -2.78. The minimum atomic E-state index is -4.32. The molecule has 4 rings (SSSR count). The first-order valence-electron chi connectivity index (χ1n) is 11.4. The summed E-state index contributed by atoms with van der Waals surface area (Å²) in [6.45, 7) is 8.02. The summed E-state index contributed by atoms with van der Waals surface area (Å²) in [4.78, 5) is 21.0. The van der Waals surface area contributed by atoms with E-state index in [4.69, 9.17) is 0 Å². The molecule has 0 atom stereocenters. The number of benzene rings is 2. The van der Waals surface area contributed by atoms with Crippen molar-refractivity contribution in [2.24, 2.45) is 0 Å². The largest absolute Gasteiger partial charge is 0.416 e. The maximum Gasteiger partial charge on any atom is 0.416 e. The lowest BCUT2D eigenvalue weighted by Gasteiger charge is -2.39. The third-order valence-electron chi connectivity index (χ3n) is 6.33. The van der Waals surface area contributed by atoms with Crippen LogP contribution in [0.1, 0.15) is 5.56 Å². The van der Waals surface area contributed by atoms with E-state index in [0.29, 0.717) is 18.8 Å². The summed E-state index contributed by atoms with van der Waals surface area (Å²) in [6.07, 6.45) is -4.32. The van der Waals surface area contributed by atoms with Crippen molar-refractivity contribution >= 4 is 17.4 Å². The summed E-state index contributed by atoms with van der Waals surface area (Å²) >= 11 is 0. The van der Waals surface area contributed by atoms with Crippen molar-refractivity contribution in [1.29, 1.82) is 0 Å². The first-order valence-corrected chi connectivity index (χ1v) is 11.4. The molecule has 0 spiro atoms. The van der Waals surface area contributed by atoms with Crippen molar-refractivity contribution in [3.05, 3.63) is 60.2 Å². The summed E-state index contributed by atoms with van der Waals surface area (Å²) in [5.41, 5.74) is 0.836. The van der Waals surface area contributed by atoms with Gasteiger partial charge in [-0.25, -0.2) is 4.79 Å². The second kappa shape index (κ2) is 10.4. The maximum atomic E-state index is 13.0. The van der Waals surface area contributed by atoms with E-state index < -0.39 is 11.7 Å². The molecule has 33 heavy (non-hydrogen) atoms. The standard InChI is InChI=1S/C24H30F3N5O/c25-24(26,27)20-5-4-8-22(19-20)31-15-11-29(12-16-31)9-10-30-13-17-32(18-14-30)23(33)28-21-6-2-1-3-7-21/h1-8,19H,9-18H2,(H,28,33). The molecule has 2 heterocycles. The van der Waals surface area contributed by atoms with Gasteiger partial charge >= 0.3 is 12.2 Å². The Labute approximate surface area is 192 Å². The van der Waals surface area contributed by atoms with Gasteiger partial charge in [-0.1, -0.05) is 24.3 Å². The highest BCUT2D eigenvalue weighted by Gasteiger charge is 2.31. The fourth-order valence-corrected chi connectivity index (χ4v) is 4.29. The van der Waals surface area contributed by atoms with Crippen LogP contribution in [-0.4, -0.2) is 86.2 Å². The molecule has 2 amide bonds. The molecule has 0 saturated carbocycles. The van der Waals surface area contributed by atoms with E-state index in [1.807, 2.05) is 40.1 Å². The monoisotopic (exact) mass is 461 g/mol. The molecule has 0 bridgehead atoms. The molecule has 2 aliphatic rings. The smallest absolute Gasteiger partial charge is 0.369 e. The number of hydrogen-bond donors (Lipinski definition) is 1. The number of halogens is 3. The molecule has 2 aromatic rings. The van der Waals surface area contributed by atoms with Crippen LogP contribution in [0.3, 0.4) is 0 Å². The minimum Gasteiger partial charge on any atom is -0.369 e. The molecule has 6 nitrogen and oxygen atoms in total. The number of urea groups is 1. The van der Waals surface area contributed by atoms with Gasteiger partial charge in [-0.15, -0.1) is 0 Å². The van der Waals surface area contributed by atoms with E-state index in [0.717, 1.165) is 64.1 Å². The number of nitrogens with zero attached hydrogens (tertiary/aromatic N) is 4. The second-order valence-corrected chi connectivity index (χ2v) is 8.50. The van der Waals surface area contributed by atoms with Gasteiger partial charge in [-0.2, -0.15) is 13.2 Å². The molecule has 9 heteroatoms. The van der Waals surface area contributed by atoms with Gasteiger partial charge < -0.3 is 15.1 Å². The van der Waals surface area contributed by atoms with Crippen LogP contribution < -0.4 is 10.2 Å². The Balaban J connectivity index is 1.16. The predicted octanol–water partition coefficient (Wildman–Crippen LogP) is 3.68. The van der Waals surface area contributed by atoms with Crippen LogP contribution >= 0.6 is 0 Å². The third kappa shape index (κ3) is 6.39. The topological polar surface area (TPSA) is 42.1 Å². The summed E-state index contributed by atoms with van der Waals surface area (Å²) in [5.74, 6) is 0. The van der Waals surface area contributed by atoms with Crippen LogP contribution in [0, 0.1) is 0 Å². The molecule has 0 aromatic heterocycles. The Morgan fingerprint density at radius 3 is 2.00 bits per heavy atom. The number of rotatable bonds is 5. The first kappa shape index (κ1) is 23.4. The average molecular weight is 462 g/mol. The lowest BCUT2D eigenvalue weighted by molar-refractivity contribution is -0.137. The van der Waals surface area contributed by atoms with Crippen molar-refractivity contribution in [2.45, 2.75) is 6.18 Å². The normalized spacial score (nSPS) is 18.4. The summed E-state index contributed by atoms with van der Waals surface area (Å²) in [6, 6.07) is 15.0. The number of amides is 2. The van der Waals surface area contributed by atoms with E-state index in [2.05, 4.69) is 15.1 Å². The molecule has 1 N–H and O–H groups in total. The van der Waals surface area contributed by atoms with Crippen molar-refractivity contribution in [1.82, 2.24) is 14.7 Å². The Kier molecular flexibility index (Phi) is 7.39. The fourth-order valence-electron chi connectivity index (χ4n) is 4.29. The van der Waals surface area contributed by atoms with Crippen LogP contribution in [-0.2, 0) is 6.18 Å². The zero-order valence-corrected chi connectivity index (χ0v) is 18.6. The van der Waals surface area contributed by atoms with E-state index in [1.54, 1.807) is 6.07 Å². The fraction of sp³-hybridized carbons (Fsp3) is 0.458. The van der Waals surface area contributed by atoms with E-state index >= 15 is 0 Å². The average Bonchev–Trinajstić information content (AvgIpc) is 2.83. The van der Waals surface area contributed by atoms with Crippen LogP contribution in [0.5, 0.6) is 0 Å². The van der Waals surface area contributed by atoms with E-state index in [9.17, 15) is 18.0 Å². The number of para-hydroxylation sites is 1. The molecular weight excluding hydrogens is 431 g/mol. The third-order valence-corrected chi connectivity index (χ3v) is 6.33. The van der Waals surface area contributed by atoms with Gasteiger partial charge in [0.25, 0.3) is 0 Å². The predicted molar refractivity (Wildman–Crippen MR) is 124 cm³/mol. The summed E-state index contributed by atoms with van der Waals surface area (Å²) in [7, 11) is 0. The number of hydrogen-bond acceptors (Lipinski definition) is 4. The van der Waals surface area contributed by atoms with Crippen LogP contribution in [0.25, 0.3) is 0 Å². The van der Waals surface area contributed by atoms with E-state index in [1.165, 1.54) is 12.1 Å². The number of piperazine rings is 2. The molecule has 2 saturated heterocycles. The molecular formula is C24H30F3N5O. The summed E-state index contributed by atoms with van der Waals surface area (Å²) < 4.78 is 39.0. The SMILES string of the molecule is O=C(Nc1ccccc1)N1CCN(CCN2CCN(c3cccc(C(F)(F)F)c3)CC2)CC1. The number of anilines is 2. The molecule has 2 fully saturated rings. The minimum absolute atomic E-state index is 0.0634. The zero-order valence-electron chi connectivity index (χ0n) is 18.6. The second-order valence-electron chi connectivity index (χ2n) is 8.50.